The fourth-order valence-corrected chi connectivity index (χ4v) is 4.89. The lowest BCUT2D eigenvalue weighted by Crippen LogP contribution is -2.45. The third kappa shape index (κ3) is 5.93. The van der Waals surface area contributed by atoms with Crippen molar-refractivity contribution in [1.29, 1.82) is 0 Å². The molecule has 0 bridgehead atoms. The van der Waals surface area contributed by atoms with Crippen molar-refractivity contribution in [2.24, 2.45) is 0 Å². The van der Waals surface area contributed by atoms with Gasteiger partial charge in [0.25, 0.3) is 0 Å². The van der Waals surface area contributed by atoms with Crippen LogP contribution in [-0.2, 0) is 17.1 Å². The predicted octanol–water partition coefficient (Wildman–Crippen LogP) is 4.49. The Kier molecular flexibility index (Phi) is 7.50. The summed E-state index contributed by atoms with van der Waals surface area (Å²) < 4.78 is 5.17. The second-order valence-electron chi connectivity index (χ2n) is 8.14. The molecular weight excluding hydrogens is 420 g/mol. The number of rotatable bonds is 8. The summed E-state index contributed by atoms with van der Waals surface area (Å²) in [7, 11) is 0. The molecule has 0 saturated carbocycles. The maximum atomic E-state index is 12.3. The van der Waals surface area contributed by atoms with Gasteiger partial charge in [0.2, 0.25) is 5.91 Å². The van der Waals surface area contributed by atoms with Gasteiger partial charge in [-0.05, 0) is 43.7 Å². The Bertz CT molecular complexity index is 993. The summed E-state index contributed by atoms with van der Waals surface area (Å²) in [4.78, 5) is 17.2. The highest BCUT2D eigenvalue weighted by molar-refractivity contribution is 7.99. The van der Waals surface area contributed by atoms with E-state index >= 15 is 0 Å². The first kappa shape index (κ1) is 22.4. The summed E-state index contributed by atoms with van der Waals surface area (Å²) in [6.45, 7) is 8.96. The van der Waals surface area contributed by atoms with Crippen molar-refractivity contribution in [3.63, 3.8) is 0 Å². The van der Waals surface area contributed by atoms with Crippen LogP contribution in [0.5, 0.6) is 0 Å². The van der Waals surface area contributed by atoms with E-state index in [1.807, 2.05) is 26.0 Å². The van der Waals surface area contributed by atoms with E-state index in [1.165, 1.54) is 11.3 Å². The number of hydrogen-bond donors (Lipinski definition) is 1. The molecule has 2 heterocycles. The third-order valence-corrected chi connectivity index (χ3v) is 6.76. The molecule has 0 radical (unpaired) electrons. The number of carbonyl (C=O) groups is 1. The van der Waals surface area contributed by atoms with Crippen molar-refractivity contribution in [1.82, 2.24) is 10.1 Å². The summed E-state index contributed by atoms with van der Waals surface area (Å²) in [5.74, 6) is 1.95. The maximum absolute atomic E-state index is 12.3. The Balaban J connectivity index is 1.20. The Hall–Kier alpha value is -2.77. The fourth-order valence-electron chi connectivity index (χ4n) is 3.91. The van der Waals surface area contributed by atoms with Crippen LogP contribution in [0.4, 0.5) is 11.4 Å². The lowest BCUT2D eigenvalue weighted by atomic mass is 10.2. The highest BCUT2D eigenvalue weighted by Crippen LogP contribution is 2.22. The summed E-state index contributed by atoms with van der Waals surface area (Å²) in [5.41, 5.74) is 5.38. The highest BCUT2D eigenvalue weighted by atomic mass is 32.2. The van der Waals surface area contributed by atoms with Crippen LogP contribution in [0.3, 0.4) is 0 Å². The summed E-state index contributed by atoms with van der Waals surface area (Å²) in [6, 6.07) is 18.8. The van der Waals surface area contributed by atoms with Gasteiger partial charge in [-0.15, -0.1) is 11.8 Å². The molecule has 1 aliphatic rings. The molecule has 1 fully saturated rings. The first-order chi connectivity index (χ1) is 15.6. The standard InChI is InChI=1S/C25H30N4O2S/c1-19-24(20(2)31-27-19)17-32-18-25(30)26-22-8-10-23(11-9-22)29-14-12-28(13-15-29)16-21-6-4-3-5-7-21/h3-11H,12-18H2,1-2H3,(H,26,30). The van der Waals surface area contributed by atoms with Crippen molar-refractivity contribution in [3.05, 3.63) is 77.2 Å². The Morgan fingerprint density at radius 3 is 2.41 bits per heavy atom. The molecule has 6 nitrogen and oxygen atoms in total. The minimum atomic E-state index is 0.00374. The summed E-state index contributed by atoms with van der Waals surface area (Å²) >= 11 is 1.57. The topological polar surface area (TPSA) is 61.6 Å². The van der Waals surface area contributed by atoms with Crippen LogP contribution in [-0.4, -0.2) is 47.9 Å². The number of anilines is 2. The molecule has 1 aromatic heterocycles. The van der Waals surface area contributed by atoms with Crippen molar-refractivity contribution >= 4 is 29.0 Å². The first-order valence-electron chi connectivity index (χ1n) is 11.0. The normalized spacial score (nSPS) is 14.5. The minimum Gasteiger partial charge on any atom is -0.369 e. The largest absolute Gasteiger partial charge is 0.369 e. The van der Waals surface area contributed by atoms with Crippen molar-refractivity contribution in [2.45, 2.75) is 26.1 Å². The van der Waals surface area contributed by atoms with Crippen molar-refractivity contribution < 1.29 is 9.32 Å². The molecular formula is C25H30N4O2S. The molecule has 1 saturated heterocycles. The number of carbonyl (C=O) groups excluding carboxylic acids is 1. The highest BCUT2D eigenvalue weighted by Gasteiger charge is 2.17. The van der Waals surface area contributed by atoms with Gasteiger partial charge in [0.15, 0.2) is 0 Å². The quantitative estimate of drug-likeness (QED) is 0.546. The van der Waals surface area contributed by atoms with Gasteiger partial charge in [-0.1, -0.05) is 35.5 Å². The second-order valence-corrected chi connectivity index (χ2v) is 9.12. The van der Waals surface area contributed by atoms with Crippen molar-refractivity contribution in [3.8, 4) is 0 Å². The van der Waals surface area contributed by atoms with Crippen LogP contribution >= 0.6 is 11.8 Å². The van der Waals surface area contributed by atoms with E-state index in [9.17, 15) is 4.79 Å². The number of hydrogen-bond acceptors (Lipinski definition) is 6. The summed E-state index contributed by atoms with van der Waals surface area (Å²) in [5, 5.41) is 6.95. The average molecular weight is 451 g/mol. The van der Waals surface area contributed by atoms with Gasteiger partial charge in [-0.25, -0.2) is 0 Å². The molecule has 0 atom stereocenters. The van der Waals surface area contributed by atoms with E-state index in [2.05, 4.69) is 62.7 Å². The first-order valence-corrected chi connectivity index (χ1v) is 12.1. The maximum Gasteiger partial charge on any atom is 0.234 e. The molecule has 2 aromatic carbocycles. The molecule has 4 rings (SSSR count). The molecule has 1 aliphatic heterocycles. The monoisotopic (exact) mass is 450 g/mol. The predicted molar refractivity (Wildman–Crippen MR) is 131 cm³/mol. The third-order valence-electron chi connectivity index (χ3n) is 5.80. The van der Waals surface area contributed by atoms with Crippen LogP contribution in [0.25, 0.3) is 0 Å². The van der Waals surface area contributed by atoms with Gasteiger partial charge < -0.3 is 14.7 Å². The van der Waals surface area contributed by atoms with Gasteiger partial charge in [0.05, 0.1) is 11.4 Å². The van der Waals surface area contributed by atoms with E-state index in [0.29, 0.717) is 5.75 Å². The van der Waals surface area contributed by atoms with Gasteiger partial charge >= 0.3 is 0 Å². The number of nitrogens with one attached hydrogen (secondary N) is 1. The summed E-state index contributed by atoms with van der Waals surface area (Å²) in [6.07, 6.45) is 0. The molecule has 1 amide bonds. The molecule has 1 N–H and O–H groups in total. The lowest BCUT2D eigenvalue weighted by Gasteiger charge is -2.36. The van der Waals surface area contributed by atoms with E-state index < -0.39 is 0 Å². The zero-order chi connectivity index (χ0) is 22.3. The SMILES string of the molecule is Cc1noc(C)c1CSCC(=O)Nc1ccc(N2CCN(Cc3ccccc3)CC2)cc1. The number of aromatic nitrogens is 1. The van der Waals surface area contributed by atoms with E-state index in [1.54, 1.807) is 11.8 Å². The van der Waals surface area contributed by atoms with Gasteiger partial charge in [-0.3, -0.25) is 9.69 Å². The molecule has 0 spiro atoms. The van der Waals surface area contributed by atoms with Crippen LogP contribution in [0, 0.1) is 13.8 Å². The van der Waals surface area contributed by atoms with Crippen LogP contribution in [0.2, 0.25) is 0 Å². The smallest absolute Gasteiger partial charge is 0.234 e. The van der Waals surface area contributed by atoms with Crippen LogP contribution in [0.1, 0.15) is 22.6 Å². The molecule has 32 heavy (non-hydrogen) atoms. The Morgan fingerprint density at radius 1 is 1.03 bits per heavy atom. The van der Waals surface area contributed by atoms with Crippen LogP contribution in [0.15, 0.2) is 59.1 Å². The minimum absolute atomic E-state index is 0.00374. The molecule has 0 aliphatic carbocycles. The number of nitrogens with zero attached hydrogens (tertiary/aromatic N) is 3. The van der Waals surface area contributed by atoms with Gasteiger partial charge in [-0.2, -0.15) is 0 Å². The Morgan fingerprint density at radius 2 is 1.75 bits per heavy atom. The van der Waals surface area contributed by atoms with E-state index in [0.717, 1.165) is 61.2 Å². The Labute approximate surface area is 194 Å². The zero-order valence-electron chi connectivity index (χ0n) is 18.7. The fraction of sp³-hybridized carbons (Fsp3) is 0.360. The van der Waals surface area contributed by atoms with Crippen molar-refractivity contribution in [2.75, 3.05) is 42.1 Å². The molecule has 3 aromatic rings. The molecule has 0 unspecified atom stereocenters. The zero-order valence-corrected chi connectivity index (χ0v) is 19.5. The van der Waals surface area contributed by atoms with Gasteiger partial charge in [0.1, 0.15) is 5.76 Å². The molecule has 168 valence electrons. The number of aryl methyl sites for hydroxylation is 2. The number of amides is 1. The average Bonchev–Trinajstić information content (AvgIpc) is 3.13. The number of thioether (sulfide) groups is 1. The number of benzene rings is 2. The van der Waals surface area contributed by atoms with E-state index in [4.69, 9.17) is 4.52 Å². The lowest BCUT2D eigenvalue weighted by molar-refractivity contribution is -0.113. The number of piperazine rings is 1. The van der Waals surface area contributed by atoms with E-state index in [-0.39, 0.29) is 5.91 Å². The second kappa shape index (κ2) is 10.7. The van der Waals surface area contributed by atoms with Crippen LogP contribution < -0.4 is 10.2 Å². The van der Waals surface area contributed by atoms with Gasteiger partial charge in [0, 0.05) is 55.4 Å². The molecule has 7 heteroatoms.